The van der Waals surface area contributed by atoms with Crippen molar-refractivity contribution in [2.75, 3.05) is 6.61 Å². The predicted octanol–water partition coefficient (Wildman–Crippen LogP) is -1.14. The molecule has 1 aliphatic heterocycles. The van der Waals surface area contributed by atoms with E-state index in [4.69, 9.17) is 9.47 Å². The first kappa shape index (κ1) is 21.7. The third-order valence-electron chi connectivity index (χ3n) is 4.68. The second-order valence-corrected chi connectivity index (χ2v) is 8.61. The first-order chi connectivity index (χ1) is 15.2. The lowest BCUT2D eigenvalue weighted by molar-refractivity contribution is -0.832. The average Bonchev–Trinajstić information content (AvgIpc) is 3.32. The zero-order chi connectivity index (χ0) is 23.0. The van der Waals surface area contributed by atoms with E-state index in [1.165, 1.54) is 24.3 Å². The monoisotopic (exact) mass is 470 g/mol. The van der Waals surface area contributed by atoms with Crippen LogP contribution in [0.5, 0.6) is 5.88 Å². The molecule has 1 aromatic carbocycles. The number of aromatic nitrogens is 4. The Kier molecular flexibility index (Phi) is 5.53. The highest BCUT2D eigenvalue weighted by Crippen LogP contribution is 2.29. The fraction of sp³-hybridized carbons (Fsp3) is 0.294. The van der Waals surface area contributed by atoms with E-state index < -0.39 is 62.9 Å². The summed E-state index contributed by atoms with van der Waals surface area (Å²) in [5.74, 6) is -1.88. The van der Waals surface area contributed by atoms with Gasteiger partial charge in [-0.2, -0.15) is 4.39 Å². The zero-order valence-corrected chi connectivity index (χ0v) is 16.8. The van der Waals surface area contributed by atoms with Crippen molar-refractivity contribution >= 4 is 9.84 Å². The minimum absolute atomic E-state index is 0.158. The van der Waals surface area contributed by atoms with E-state index in [0.717, 1.165) is 4.57 Å². The lowest BCUT2D eigenvalue weighted by Gasteiger charge is -2.15. The highest BCUT2D eigenvalue weighted by atomic mass is 32.2. The molecule has 0 bridgehead atoms. The lowest BCUT2D eigenvalue weighted by Crippen LogP contribution is -2.34. The van der Waals surface area contributed by atoms with E-state index in [-0.39, 0.29) is 16.2 Å². The summed E-state index contributed by atoms with van der Waals surface area (Å²) in [6.45, 7) is -0.484. The summed E-state index contributed by atoms with van der Waals surface area (Å²) in [5.41, 5.74) is -2.15. The van der Waals surface area contributed by atoms with Crippen LogP contribution in [0, 0.1) is 11.0 Å². The maximum absolute atomic E-state index is 13.5. The molecule has 0 radical (unpaired) electrons. The molecule has 2 N–H and O–H groups in total. The second-order valence-electron chi connectivity index (χ2n) is 6.74. The number of ether oxygens (including phenoxy) is 2. The van der Waals surface area contributed by atoms with Crippen LogP contribution in [0.4, 0.5) is 4.39 Å². The first-order valence-corrected chi connectivity index (χ1v) is 10.5. The van der Waals surface area contributed by atoms with Crippen molar-refractivity contribution in [3.63, 3.8) is 0 Å². The van der Waals surface area contributed by atoms with Crippen molar-refractivity contribution in [3.05, 3.63) is 68.4 Å². The van der Waals surface area contributed by atoms with Gasteiger partial charge in [0.05, 0.1) is 22.4 Å². The van der Waals surface area contributed by atoms with E-state index in [2.05, 4.69) is 9.79 Å². The minimum Gasteiger partial charge on any atom is -0.452 e. The van der Waals surface area contributed by atoms with Gasteiger partial charge in [0.15, 0.2) is 0 Å². The summed E-state index contributed by atoms with van der Waals surface area (Å²) < 4.78 is 54.9. The molecule has 2 aromatic heterocycles. The van der Waals surface area contributed by atoms with Gasteiger partial charge < -0.3 is 19.8 Å². The van der Waals surface area contributed by atoms with Crippen molar-refractivity contribution in [1.29, 1.82) is 0 Å². The summed E-state index contributed by atoms with van der Waals surface area (Å²) in [4.78, 5) is 24.3. The molecule has 0 aliphatic carbocycles. The van der Waals surface area contributed by atoms with E-state index >= 15 is 0 Å². The molecule has 0 amide bonds. The van der Waals surface area contributed by atoms with Crippen molar-refractivity contribution < 1.29 is 36.9 Å². The van der Waals surface area contributed by atoms with E-state index in [1.807, 2.05) is 0 Å². The molecule has 13 nitrogen and oxygen atoms in total. The van der Waals surface area contributed by atoms with Crippen LogP contribution in [0.25, 0.3) is 0 Å². The highest BCUT2D eigenvalue weighted by Gasteiger charge is 2.39. The van der Waals surface area contributed by atoms with Crippen LogP contribution in [-0.4, -0.2) is 47.0 Å². The Morgan fingerprint density at radius 2 is 2.06 bits per heavy atom. The summed E-state index contributed by atoms with van der Waals surface area (Å²) in [6.07, 6.45) is -2.96. The van der Waals surface area contributed by atoms with Gasteiger partial charge in [-0.3, -0.25) is 19.0 Å². The molecule has 32 heavy (non-hydrogen) atoms. The number of aromatic amines is 1. The topological polar surface area (TPSA) is 181 Å². The number of rotatable bonds is 6. The van der Waals surface area contributed by atoms with Gasteiger partial charge >= 0.3 is 16.6 Å². The minimum atomic E-state index is -4.34. The molecule has 4 rings (SSSR count). The number of H-pyrrole nitrogens is 1. The smallest absolute Gasteiger partial charge is 0.415 e. The standard InChI is InChI=1S/C17H15FN4O9S/c18-10-7-21(17(25)19-14(10)24)13-6-11(23)12(30-13)8-29-15-16(22(26)31-20-15)32(27,28)9-4-2-1-3-5-9/h1-5,7,11-13,23H,6,8H2,(H,19,24,25). The number of halogens is 1. The zero-order valence-electron chi connectivity index (χ0n) is 16.0. The Hall–Kier alpha value is -3.56. The number of sulfone groups is 1. The summed E-state index contributed by atoms with van der Waals surface area (Å²) in [7, 11) is -4.34. The van der Waals surface area contributed by atoms with Crippen LogP contribution in [-0.2, 0) is 14.6 Å². The summed E-state index contributed by atoms with van der Waals surface area (Å²) in [5, 5.41) is 24.5. The Labute approximate surface area is 177 Å². The fourth-order valence-electron chi connectivity index (χ4n) is 3.11. The predicted molar refractivity (Wildman–Crippen MR) is 98.7 cm³/mol. The maximum Gasteiger partial charge on any atom is 0.415 e. The van der Waals surface area contributed by atoms with Gasteiger partial charge in [0.25, 0.3) is 15.4 Å². The molecule has 170 valence electrons. The Morgan fingerprint density at radius 3 is 2.78 bits per heavy atom. The van der Waals surface area contributed by atoms with Crippen LogP contribution >= 0.6 is 0 Å². The Balaban J connectivity index is 1.53. The lowest BCUT2D eigenvalue weighted by atomic mass is 10.2. The third-order valence-corrected chi connectivity index (χ3v) is 6.40. The largest absolute Gasteiger partial charge is 0.452 e. The van der Waals surface area contributed by atoms with Crippen LogP contribution < -0.4 is 20.9 Å². The van der Waals surface area contributed by atoms with Crippen LogP contribution in [0.3, 0.4) is 0 Å². The Bertz CT molecular complexity index is 1350. The van der Waals surface area contributed by atoms with Gasteiger partial charge in [-0.1, -0.05) is 18.2 Å². The van der Waals surface area contributed by atoms with E-state index in [0.29, 0.717) is 6.20 Å². The van der Waals surface area contributed by atoms with Crippen molar-refractivity contribution in [1.82, 2.24) is 14.7 Å². The van der Waals surface area contributed by atoms with Gasteiger partial charge in [-0.15, -0.1) is 0 Å². The molecule has 15 heteroatoms. The van der Waals surface area contributed by atoms with Gasteiger partial charge in [0.1, 0.15) is 18.9 Å². The van der Waals surface area contributed by atoms with Crippen molar-refractivity contribution in [2.45, 2.75) is 34.8 Å². The number of hydrogen-bond donors (Lipinski definition) is 2. The van der Waals surface area contributed by atoms with Gasteiger partial charge in [0.2, 0.25) is 5.82 Å². The molecule has 1 saturated heterocycles. The van der Waals surface area contributed by atoms with Crippen LogP contribution in [0.15, 0.2) is 60.7 Å². The molecule has 1 fully saturated rings. The fourth-order valence-corrected chi connectivity index (χ4v) is 4.41. The number of benzene rings is 1. The van der Waals surface area contributed by atoms with Gasteiger partial charge in [-0.25, -0.2) is 13.2 Å². The van der Waals surface area contributed by atoms with Gasteiger partial charge in [-0.05, 0) is 17.0 Å². The summed E-state index contributed by atoms with van der Waals surface area (Å²) in [6, 6.07) is 7.04. The third kappa shape index (κ3) is 3.88. The number of aliphatic hydroxyl groups excluding tert-OH is 1. The second kappa shape index (κ2) is 8.18. The molecular weight excluding hydrogens is 455 g/mol. The molecule has 3 heterocycles. The van der Waals surface area contributed by atoms with Crippen molar-refractivity contribution in [3.8, 4) is 5.88 Å². The van der Waals surface area contributed by atoms with E-state index in [1.54, 1.807) is 11.1 Å². The molecule has 3 atom stereocenters. The van der Waals surface area contributed by atoms with Crippen molar-refractivity contribution in [2.24, 2.45) is 0 Å². The number of nitrogens with zero attached hydrogens (tertiary/aromatic N) is 3. The molecule has 0 saturated carbocycles. The normalized spacial score (nSPS) is 21.0. The number of aliphatic hydroxyl groups is 1. The highest BCUT2D eigenvalue weighted by molar-refractivity contribution is 7.91. The SMILES string of the molecule is O=c1[nH]c(=O)n(C2CC(O)C(COc3no[n+]([O-])c3S(=O)(=O)c3ccccc3)O2)cc1F. The maximum atomic E-state index is 13.5. The molecule has 0 spiro atoms. The summed E-state index contributed by atoms with van der Waals surface area (Å²) >= 11 is 0. The molecule has 3 unspecified atom stereocenters. The quantitative estimate of drug-likeness (QED) is 0.418. The van der Waals surface area contributed by atoms with Gasteiger partial charge in [0, 0.05) is 6.42 Å². The Morgan fingerprint density at radius 1 is 1.34 bits per heavy atom. The molecular formula is C17H15FN4O9S. The van der Waals surface area contributed by atoms with Crippen LogP contribution in [0.1, 0.15) is 12.6 Å². The molecule has 1 aliphatic rings. The average molecular weight is 470 g/mol. The first-order valence-electron chi connectivity index (χ1n) is 9.05. The number of hydrogen-bond acceptors (Lipinski definition) is 10. The van der Waals surface area contributed by atoms with E-state index in [9.17, 15) is 32.7 Å². The molecule has 3 aromatic rings. The number of nitrogens with one attached hydrogen (secondary N) is 1. The van der Waals surface area contributed by atoms with Crippen LogP contribution in [0.2, 0.25) is 0 Å².